The van der Waals surface area contributed by atoms with Crippen molar-refractivity contribution < 1.29 is 22.8 Å². The largest absolute Gasteiger partial charge is 0.417 e. The standard InChI is InChI=1S/C24H19ClF3N5O2/c1-12-17(25)8-5-9-18(12)31-22(35)15-10-13(11-19-20(15)33-23(29-2)32-19)30-21(34)14-6-3-4-7-16(14)24(26,27)28/h3-11H,1-2H3,(H,30,34)(H,31,35)(H2,29,32,33). The molecule has 0 aliphatic carbocycles. The van der Waals surface area contributed by atoms with Crippen molar-refractivity contribution >= 4 is 51.8 Å². The molecule has 1 heterocycles. The number of carbonyl (C=O) groups is 2. The van der Waals surface area contributed by atoms with Crippen molar-refractivity contribution in [1.82, 2.24) is 9.97 Å². The Bertz CT molecular complexity index is 1450. The monoisotopic (exact) mass is 501 g/mol. The maximum Gasteiger partial charge on any atom is 0.417 e. The van der Waals surface area contributed by atoms with Crippen LogP contribution in [0.1, 0.15) is 31.8 Å². The number of fused-ring (bicyclic) bond motifs is 1. The Kier molecular flexibility index (Phi) is 6.40. The zero-order valence-electron chi connectivity index (χ0n) is 18.5. The van der Waals surface area contributed by atoms with Crippen LogP contribution in [-0.2, 0) is 6.18 Å². The molecular formula is C24H19ClF3N5O2. The van der Waals surface area contributed by atoms with Crippen LogP contribution < -0.4 is 16.0 Å². The average Bonchev–Trinajstić information content (AvgIpc) is 3.24. The van der Waals surface area contributed by atoms with Crippen molar-refractivity contribution in [3.8, 4) is 0 Å². The first kappa shape index (κ1) is 24.1. The molecule has 4 aromatic rings. The number of benzene rings is 3. The zero-order valence-corrected chi connectivity index (χ0v) is 19.2. The van der Waals surface area contributed by atoms with Crippen LogP contribution in [0.4, 0.5) is 30.5 Å². The molecule has 0 bridgehead atoms. The van der Waals surface area contributed by atoms with E-state index in [1.54, 1.807) is 32.2 Å². The van der Waals surface area contributed by atoms with Gasteiger partial charge in [0.05, 0.1) is 22.2 Å². The maximum atomic E-state index is 13.4. The molecule has 180 valence electrons. The Morgan fingerprint density at radius 3 is 2.40 bits per heavy atom. The molecule has 0 radical (unpaired) electrons. The SMILES string of the molecule is CNc1nc2c(C(=O)Nc3cccc(Cl)c3C)cc(NC(=O)c3ccccc3C(F)(F)F)cc2[nH]1. The van der Waals surface area contributed by atoms with Crippen molar-refractivity contribution in [3.63, 3.8) is 0 Å². The van der Waals surface area contributed by atoms with E-state index >= 15 is 0 Å². The summed E-state index contributed by atoms with van der Waals surface area (Å²) in [5.74, 6) is -1.15. The van der Waals surface area contributed by atoms with E-state index in [1.165, 1.54) is 24.3 Å². The normalized spacial score (nSPS) is 11.4. The predicted octanol–water partition coefficient (Wildman–Crippen LogP) is 6.09. The Morgan fingerprint density at radius 1 is 0.971 bits per heavy atom. The summed E-state index contributed by atoms with van der Waals surface area (Å²) in [6.07, 6.45) is -4.71. The lowest BCUT2D eigenvalue weighted by Crippen LogP contribution is -2.19. The fourth-order valence-corrected chi connectivity index (χ4v) is 3.71. The molecule has 0 saturated carbocycles. The molecule has 0 atom stereocenters. The van der Waals surface area contributed by atoms with Gasteiger partial charge in [0.1, 0.15) is 5.52 Å². The Labute approximate surface area is 202 Å². The molecule has 0 aliphatic heterocycles. The molecule has 0 saturated heterocycles. The summed E-state index contributed by atoms with van der Waals surface area (Å²) in [5.41, 5.74) is 0.439. The number of alkyl halides is 3. The number of aromatic amines is 1. The van der Waals surface area contributed by atoms with Gasteiger partial charge in [-0.25, -0.2) is 4.98 Å². The van der Waals surface area contributed by atoms with E-state index in [-0.39, 0.29) is 11.3 Å². The van der Waals surface area contributed by atoms with Crippen LogP contribution in [0.5, 0.6) is 0 Å². The lowest BCUT2D eigenvalue weighted by Gasteiger charge is -2.14. The fourth-order valence-electron chi connectivity index (χ4n) is 3.54. The van der Waals surface area contributed by atoms with E-state index in [9.17, 15) is 22.8 Å². The van der Waals surface area contributed by atoms with Crippen LogP contribution in [0.3, 0.4) is 0 Å². The van der Waals surface area contributed by atoms with E-state index in [4.69, 9.17) is 11.6 Å². The quantitative estimate of drug-likeness (QED) is 0.266. The molecular weight excluding hydrogens is 483 g/mol. The van der Waals surface area contributed by atoms with Gasteiger partial charge in [0.2, 0.25) is 5.95 Å². The number of carbonyl (C=O) groups excluding carboxylic acids is 2. The van der Waals surface area contributed by atoms with Gasteiger partial charge in [0.25, 0.3) is 11.8 Å². The summed E-state index contributed by atoms with van der Waals surface area (Å²) in [7, 11) is 1.63. The first-order valence-corrected chi connectivity index (χ1v) is 10.7. The molecule has 3 aromatic carbocycles. The summed E-state index contributed by atoms with van der Waals surface area (Å²) in [5, 5.41) is 8.53. The minimum absolute atomic E-state index is 0.0963. The highest BCUT2D eigenvalue weighted by molar-refractivity contribution is 6.31. The molecule has 7 nitrogen and oxygen atoms in total. The van der Waals surface area contributed by atoms with Crippen molar-refractivity contribution in [3.05, 3.63) is 81.9 Å². The van der Waals surface area contributed by atoms with Gasteiger partial charge >= 0.3 is 6.18 Å². The van der Waals surface area contributed by atoms with Crippen LogP contribution in [-0.4, -0.2) is 28.8 Å². The second kappa shape index (κ2) is 9.30. The Hall–Kier alpha value is -4.05. The van der Waals surface area contributed by atoms with E-state index in [0.717, 1.165) is 12.1 Å². The number of nitrogens with zero attached hydrogens (tertiary/aromatic N) is 1. The van der Waals surface area contributed by atoms with Crippen molar-refractivity contribution in [2.45, 2.75) is 13.1 Å². The highest BCUT2D eigenvalue weighted by Gasteiger charge is 2.35. The van der Waals surface area contributed by atoms with E-state index in [2.05, 4.69) is 25.9 Å². The first-order chi connectivity index (χ1) is 16.6. The van der Waals surface area contributed by atoms with Gasteiger partial charge in [0.15, 0.2) is 0 Å². The van der Waals surface area contributed by atoms with Crippen molar-refractivity contribution in [2.24, 2.45) is 0 Å². The Morgan fingerprint density at radius 2 is 1.69 bits per heavy atom. The molecule has 0 spiro atoms. The highest BCUT2D eigenvalue weighted by atomic mass is 35.5. The van der Waals surface area contributed by atoms with E-state index in [1.807, 2.05) is 0 Å². The summed E-state index contributed by atoms with van der Waals surface area (Å²) < 4.78 is 40.1. The van der Waals surface area contributed by atoms with E-state index in [0.29, 0.717) is 33.3 Å². The molecule has 1 aromatic heterocycles. The smallest absolute Gasteiger partial charge is 0.359 e. The average molecular weight is 502 g/mol. The number of hydrogen-bond donors (Lipinski definition) is 4. The topological polar surface area (TPSA) is 98.9 Å². The molecule has 4 N–H and O–H groups in total. The third-order valence-corrected chi connectivity index (χ3v) is 5.73. The highest BCUT2D eigenvalue weighted by Crippen LogP contribution is 2.33. The Balaban J connectivity index is 1.73. The second-order valence-corrected chi connectivity index (χ2v) is 8.03. The number of anilines is 3. The number of halogens is 4. The fraction of sp³-hybridized carbons (Fsp3) is 0.125. The molecule has 2 amide bonds. The summed E-state index contributed by atoms with van der Waals surface area (Å²) in [4.78, 5) is 33.3. The van der Waals surface area contributed by atoms with Crippen LogP contribution >= 0.6 is 11.6 Å². The van der Waals surface area contributed by atoms with Crippen LogP contribution in [0, 0.1) is 6.92 Å². The second-order valence-electron chi connectivity index (χ2n) is 7.62. The van der Waals surface area contributed by atoms with Gasteiger partial charge in [-0.1, -0.05) is 29.8 Å². The number of nitrogens with one attached hydrogen (secondary N) is 4. The first-order valence-electron chi connectivity index (χ1n) is 10.3. The third-order valence-electron chi connectivity index (χ3n) is 5.32. The predicted molar refractivity (Wildman–Crippen MR) is 129 cm³/mol. The minimum atomic E-state index is -4.71. The minimum Gasteiger partial charge on any atom is -0.359 e. The molecule has 0 unspecified atom stereocenters. The van der Waals surface area contributed by atoms with Gasteiger partial charge in [-0.15, -0.1) is 0 Å². The third kappa shape index (κ3) is 4.92. The number of hydrogen-bond acceptors (Lipinski definition) is 4. The number of imidazole rings is 1. The number of amides is 2. The van der Waals surface area contributed by atoms with Crippen LogP contribution in [0.2, 0.25) is 5.02 Å². The molecule has 11 heteroatoms. The van der Waals surface area contributed by atoms with Gasteiger partial charge in [0, 0.05) is 23.4 Å². The van der Waals surface area contributed by atoms with Gasteiger partial charge < -0.3 is 20.9 Å². The van der Waals surface area contributed by atoms with Crippen molar-refractivity contribution in [1.29, 1.82) is 0 Å². The van der Waals surface area contributed by atoms with Crippen LogP contribution in [0.25, 0.3) is 11.0 Å². The van der Waals surface area contributed by atoms with Gasteiger partial charge in [-0.3, -0.25) is 9.59 Å². The van der Waals surface area contributed by atoms with Crippen molar-refractivity contribution in [2.75, 3.05) is 23.0 Å². The van der Waals surface area contributed by atoms with Gasteiger partial charge in [-0.05, 0) is 48.9 Å². The van der Waals surface area contributed by atoms with Crippen LogP contribution in [0.15, 0.2) is 54.6 Å². The molecule has 35 heavy (non-hydrogen) atoms. The maximum absolute atomic E-state index is 13.4. The lowest BCUT2D eigenvalue weighted by atomic mass is 10.1. The molecule has 4 rings (SSSR count). The van der Waals surface area contributed by atoms with Gasteiger partial charge in [-0.2, -0.15) is 13.2 Å². The summed E-state index contributed by atoms with van der Waals surface area (Å²) >= 11 is 6.14. The molecule has 0 fully saturated rings. The number of H-pyrrole nitrogens is 1. The summed E-state index contributed by atoms with van der Waals surface area (Å²) in [6.45, 7) is 1.75. The summed E-state index contributed by atoms with van der Waals surface area (Å²) in [6, 6.07) is 12.4. The number of rotatable bonds is 5. The van der Waals surface area contributed by atoms with E-state index < -0.39 is 29.1 Å². The lowest BCUT2D eigenvalue weighted by molar-refractivity contribution is -0.137. The number of aromatic nitrogens is 2. The zero-order chi connectivity index (χ0) is 25.3. The molecule has 0 aliphatic rings.